The molecule has 1 aromatic rings. The molecule has 0 unspecified atom stereocenters. The number of cyclic esters (lactones) is 1. The summed E-state index contributed by atoms with van der Waals surface area (Å²) in [7, 11) is 1.49. The Bertz CT molecular complexity index is 635. The highest BCUT2D eigenvalue weighted by molar-refractivity contribution is 5.97. The molecule has 0 aromatic heterocycles. The standard InChI is InChI=1S/C19H24O6/c1-14(20)25-17-13-15(22-2)12-16-18(17)19(21)24-11-9-7-5-3-4-6-8-10-23-16/h3,5,12-13H,4,6-11H2,1-2H3/b5-3-. The summed E-state index contributed by atoms with van der Waals surface area (Å²) in [4.78, 5) is 23.9. The van der Waals surface area contributed by atoms with Gasteiger partial charge in [0.15, 0.2) is 5.75 Å². The van der Waals surface area contributed by atoms with Crippen molar-refractivity contribution in [1.82, 2.24) is 0 Å². The van der Waals surface area contributed by atoms with Crippen LogP contribution < -0.4 is 14.2 Å². The van der Waals surface area contributed by atoms with Crippen LogP contribution in [0.25, 0.3) is 0 Å². The zero-order valence-corrected chi connectivity index (χ0v) is 14.7. The second-order valence-corrected chi connectivity index (χ2v) is 5.69. The second-order valence-electron chi connectivity index (χ2n) is 5.69. The van der Waals surface area contributed by atoms with Crippen LogP contribution >= 0.6 is 0 Å². The maximum Gasteiger partial charge on any atom is 0.345 e. The number of hydrogen-bond donors (Lipinski definition) is 0. The van der Waals surface area contributed by atoms with Crippen LogP contribution in [0.2, 0.25) is 0 Å². The number of benzene rings is 1. The third kappa shape index (κ3) is 5.81. The van der Waals surface area contributed by atoms with E-state index in [0.29, 0.717) is 18.1 Å². The summed E-state index contributed by atoms with van der Waals surface area (Å²) >= 11 is 0. The fourth-order valence-corrected chi connectivity index (χ4v) is 2.45. The number of hydrogen-bond acceptors (Lipinski definition) is 6. The summed E-state index contributed by atoms with van der Waals surface area (Å²) in [5.41, 5.74) is 0.114. The Labute approximate surface area is 147 Å². The first-order valence-electron chi connectivity index (χ1n) is 8.47. The fraction of sp³-hybridized carbons (Fsp3) is 0.474. The highest BCUT2D eigenvalue weighted by atomic mass is 16.6. The van der Waals surface area contributed by atoms with Gasteiger partial charge < -0.3 is 18.9 Å². The Morgan fingerprint density at radius 1 is 1.04 bits per heavy atom. The predicted molar refractivity (Wildman–Crippen MR) is 92.3 cm³/mol. The number of allylic oxidation sites excluding steroid dienone is 2. The smallest absolute Gasteiger partial charge is 0.345 e. The maximum atomic E-state index is 12.5. The first-order valence-corrected chi connectivity index (χ1v) is 8.47. The van der Waals surface area contributed by atoms with Crippen molar-refractivity contribution in [3.63, 3.8) is 0 Å². The van der Waals surface area contributed by atoms with Crippen LogP contribution in [0, 0.1) is 0 Å². The molecule has 1 aliphatic heterocycles. The van der Waals surface area contributed by atoms with Gasteiger partial charge in [0.25, 0.3) is 0 Å². The van der Waals surface area contributed by atoms with Gasteiger partial charge >= 0.3 is 11.9 Å². The molecule has 0 bridgehead atoms. The minimum Gasteiger partial charge on any atom is -0.496 e. The van der Waals surface area contributed by atoms with Crippen LogP contribution in [-0.2, 0) is 9.53 Å². The molecule has 0 amide bonds. The van der Waals surface area contributed by atoms with Crippen LogP contribution in [0.5, 0.6) is 17.2 Å². The number of carbonyl (C=O) groups excluding carboxylic acids is 2. The molecule has 1 aromatic carbocycles. The van der Waals surface area contributed by atoms with Gasteiger partial charge in [-0.2, -0.15) is 0 Å². The minimum atomic E-state index is -0.574. The summed E-state index contributed by atoms with van der Waals surface area (Å²) in [6.07, 6.45) is 8.67. The minimum absolute atomic E-state index is 0.0823. The van der Waals surface area contributed by atoms with E-state index in [1.54, 1.807) is 6.07 Å². The van der Waals surface area contributed by atoms with E-state index >= 15 is 0 Å². The lowest BCUT2D eigenvalue weighted by Crippen LogP contribution is -2.14. The van der Waals surface area contributed by atoms with E-state index < -0.39 is 11.9 Å². The molecule has 0 saturated carbocycles. The first-order chi connectivity index (χ1) is 12.1. The topological polar surface area (TPSA) is 71.1 Å². The monoisotopic (exact) mass is 348 g/mol. The molecule has 1 heterocycles. The molecule has 0 fully saturated rings. The van der Waals surface area contributed by atoms with E-state index in [2.05, 4.69) is 12.2 Å². The number of esters is 2. The molecule has 2 rings (SSSR count). The molecule has 136 valence electrons. The summed E-state index contributed by atoms with van der Waals surface area (Å²) < 4.78 is 21.5. The third-order valence-corrected chi connectivity index (χ3v) is 3.67. The molecule has 6 heteroatoms. The summed E-state index contributed by atoms with van der Waals surface area (Å²) in [6, 6.07) is 3.09. The average molecular weight is 348 g/mol. The predicted octanol–water partition coefficient (Wildman–Crippen LogP) is 3.68. The molecular weight excluding hydrogens is 324 g/mol. The molecule has 0 atom stereocenters. The van der Waals surface area contributed by atoms with Gasteiger partial charge in [0.2, 0.25) is 0 Å². The van der Waals surface area contributed by atoms with Crippen LogP contribution in [0.15, 0.2) is 24.3 Å². The van der Waals surface area contributed by atoms with Gasteiger partial charge in [-0.1, -0.05) is 12.2 Å². The second kappa shape index (κ2) is 9.71. The molecular formula is C19H24O6. The van der Waals surface area contributed by atoms with Gasteiger partial charge in [-0.05, 0) is 32.1 Å². The number of carbonyl (C=O) groups is 2. The van der Waals surface area contributed by atoms with E-state index in [4.69, 9.17) is 18.9 Å². The number of fused-ring (bicyclic) bond motifs is 1. The number of rotatable bonds is 2. The molecule has 6 nitrogen and oxygen atoms in total. The van der Waals surface area contributed by atoms with Crippen molar-refractivity contribution < 1.29 is 28.5 Å². The molecule has 25 heavy (non-hydrogen) atoms. The van der Waals surface area contributed by atoms with Gasteiger partial charge in [-0.15, -0.1) is 0 Å². The lowest BCUT2D eigenvalue weighted by atomic mass is 10.1. The quantitative estimate of drug-likeness (QED) is 0.461. The van der Waals surface area contributed by atoms with Gasteiger partial charge in [-0.25, -0.2) is 4.79 Å². The van der Waals surface area contributed by atoms with Gasteiger partial charge in [0.05, 0.1) is 20.3 Å². The van der Waals surface area contributed by atoms with E-state index in [0.717, 1.165) is 32.1 Å². The Balaban J connectivity index is 2.35. The molecule has 0 aliphatic carbocycles. The van der Waals surface area contributed by atoms with Crippen molar-refractivity contribution in [1.29, 1.82) is 0 Å². The normalized spacial score (nSPS) is 17.3. The zero-order chi connectivity index (χ0) is 18.1. The van der Waals surface area contributed by atoms with Gasteiger partial charge in [0, 0.05) is 19.1 Å². The largest absolute Gasteiger partial charge is 0.496 e. The first kappa shape index (κ1) is 18.8. The summed E-state index contributed by atoms with van der Waals surface area (Å²) in [6.45, 7) is 2.00. The van der Waals surface area contributed by atoms with Crippen molar-refractivity contribution in [2.75, 3.05) is 20.3 Å². The van der Waals surface area contributed by atoms with E-state index in [9.17, 15) is 9.59 Å². The van der Waals surface area contributed by atoms with Crippen molar-refractivity contribution in [2.45, 2.75) is 39.0 Å². The van der Waals surface area contributed by atoms with Crippen molar-refractivity contribution in [3.8, 4) is 17.2 Å². The Morgan fingerprint density at radius 2 is 1.76 bits per heavy atom. The number of methoxy groups -OCH3 is 1. The molecule has 0 spiro atoms. The molecule has 0 radical (unpaired) electrons. The molecule has 0 N–H and O–H groups in total. The van der Waals surface area contributed by atoms with Crippen molar-refractivity contribution in [2.24, 2.45) is 0 Å². The average Bonchev–Trinajstić information content (AvgIpc) is 2.58. The molecule has 1 aliphatic rings. The van der Waals surface area contributed by atoms with Crippen molar-refractivity contribution in [3.05, 3.63) is 29.8 Å². The Hall–Kier alpha value is -2.50. The van der Waals surface area contributed by atoms with E-state index in [1.165, 1.54) is 20.1 Å². The lowest BCUT2D eigenvalue weighted by Gasteiger charge is -2.16. The van der Waals surface area contributed by atoms with Crippen LogP contribution in [0.1, 0.15) is 49.4 Å². The number of ether oxygens (including phenoxy) is 4. The van der Waals surface area contributed by atoms with Crippen LogP contribution in [0.3, 0.4) is 0 Å². The van der Waals surface area contributed by atoms with Crippen LogP contribution in [0.4, 0.5) is 0 Å². The summed E-state index contributed by atoms with van der Waals surface area (Å²) in [5, 5.41) is 0. The summed E-state index contributed by atoms with van der Waals surface area (Å²) in [5.74, 6) is -0.290. The third-order valence-electron chi connectivity index (χ3n) is 3.67. The molecule has 0 saturated heterocycles. The maximum absolute atomic E-state index is 12.5. The lowest BCUT2D eigenvalue weighted by molar-refractivity contribution is -0.131. The Morgan fingerprint density at radius 3 is 2.48 bits per heavy atom. The Kier molecular flexibility index (Phi) is 7.32. The SMILES string of the molecule is COc1cc2c(c(OC(C)=O)c1)C(=O)OCCC/C=C\CCCCO2. The highest BCUT2D eigenvalue weighted by Crippen LogP contribution is 2.35. The highest BCUT2D eigenvalue weighted by Gasteiger charge is 2.23. The van der Waals surface area contributed by atoms with Gasteiger partial charge in [0.1, 0.15) is 17.1 Å². The van der Waals surface area contributed by atoms with Crippen molar-refractivity contribution >= 4 is 11.9 Å². The van der Waals surface area contributed by atoms with E-state index in [-0.39, 0.29) is 17.9 Å². The zero-order valence-electron chi connectivity index (χ0n) is 14.7. The van der Waals surface area contributed by atoms with E-state index in [1.807, 2.05) is 0 Å². The fourth-order valence-electron chi connectivity index (χ4n) is 2.45. The van der Waals surface area contributed by atoms with Crippen LogP contribution in [-0.4, -0.2) is 32.3 Å². The van der Waals surface area contributed by atoms with Gasteiger partial charge in [-0.3, -0.25) is 4.79 Å².